The zero-order valence-corrected chi connectivity index (χ0v) is 18.1. The molecule has 0 spiro atoms. The molecule has 0 saturated heterocycles. The largest absolute Gasteiger partial charge is 0.477 e. The molecule has 2 rings (SSSR count). The molecular weight excluding hydrogens is 451 g/mol. The van der Waals surface area contributed by atoms with Gasteiger partial charge in [-0.05, 0) is 31.4 Å². The van der Waals surface area contributed by atoms with Crippen LogP contribution in [0.15, 0.2) is 12.1 Å². The molecule has 0 radical (unpaired) electrons. The second-order valence-electron chi connectivity index (χ2n) is 7.01. The van der Waals surface area contributed by atoms with Crippen LogP contribution in [0.3, 0.4) is 0 Å². The van der Waals surface area contributed by atoms with Gasteiger partial charge in [-0.15, -0.1) is 0 Å². The zero-order chi connectivity index (χ0) is 22.8. The maximum Gasteiger partial charge on any atom is 0.434 e. The van der Waals surface area contributed by atoms with E-state index >= 15 is 0 Å². The number of rotatable bonds is 7. The fourth-order valence-corrected chi connectivity index (χ4v) is 3.09. The van der Waals surface area contributed by atoms with E-state index in [0.29, 0.717) is 17.0 Å². The van der Waals surface area contributed by atoms with Crippen LogP contribution < -0.4 is 4.74 Å². The topological polar surface area (TPSA) is 53.4 Å². The summed E-state index contributed by atoms with van der Waals surface area (Å²) in [4.78, 5) is 12.0. The minimum Gasteiger partial charge on any atom is -0.477 e. The molecule has 1 heterocycles. The smallest absolute Gasteiger partial charge is 0.434 e. The van der Waals surface area contributed by atoms with Crippen LogP contribution in [0.1, 0.15) is 32.9 Å². The van der Waals surface area contributed by atoms with E-state index in [-0.39, 0.29) is 22.9 Å². The number of hydrogen-bond donors (Lipinski definition) is 0. The monoisotopic (exact) mass is 470 g/mol. The Hall–Kier alpha value is -2.00. The number of aromatic nitrogens is 2. The lowest BCUT2D eigenvalue weighted by Gasteiger charge is -2.16. The minimum atomic E-state index is -4.78. The Balaban J connectivity index is 2.32. The standard InChI is InChI=1S/C19H20Cl2F4N2O3/c1-9(2)5-6-29-18(28)10(3)30-14-7-11(13(22)8-12(14)20)16-15(21)17(19(23,24)25)27(4)26-16/h7-10H,5-6H2,1-4H3. The van der Waals surface area contributed by atoms with E-state index in [1.54, 1.807) is 0 Å². The predicted molar refractivity (Wildman–Crippen MR) is 104 cm³/mol. The van der Waals surface area contributed by atoms with Crippen molar-refractivity contribution < 1.29 is 31.8 Å². The van der Waals surface area contributed by atoms with Crippen molar-refractivity contribution in [1.29, 1.82) is 0 Å². The molecule has 0 saturated carbocycles. The third-order valence-corrected chi connectivity index (χ3v) is 4.76. The number of aryl methyl sites for hydroxylation is 1. The number of ether oxygens (including phenoxy) is 2. The summed E-state index contributed by atoms with van der Waals surface area (Å²) in [7, 11) is 1.04. The fraction of sp³-hybridized carbons (Fsp3) is 0.474. The average Bonchev–Trinajstić information content (AvgIpc) is 2.90. The van der Waals surface area contributed by atoms with Crippen molar-refractivity contribution in [2.24, 2.45) is 13.0 Å². The molecule has 0 aliphatic heterocycles. The summed E-state index contributed by atoms with van der Waals surface area (Å²) in [5.41, 5.74) is -2.01. The maximum atomic E-state index is 14.5. The molecule has 5 nitrogen and oxygen atoms in total. The quantitative estimate of drug-likeness (QED) is 0.372. The number of benzene rings is 1. The molecule has 0 amide bonds. The Kier molecular flexibility index (Phi) is 7.63. The van der Waals surface area contributed by atoms with Gasteiger partial charge in [-0.1, -0.05) is 37.0 Å². The Bertz CT molecular complexity index is 929. The van der Waals surface area contributed by atoms with Crippen LogP contribution in [-0.2, 0) is 22.8 Å². The number of nitrogens with zero attached hydrogens (tertiary/aromatic N) is 2. The fourth-order valence-electron chi connectivity index (χ4n) is 2.53. The SMILES string of the molecule is CC(C)CCOC(=O)C(C)Oc1cc(-c2nn(C)c(C(F)(F)F)c2Cl)c(F)cc1Cl. The van der Waals surface area contributed by atoms with Gasteiger partial charge in [0.15, 0.2) is 11.8 Å². The van der Waals surface area contributed by atoms with Crippen molar-refractivity contribution in [3.63, 3.8) is 0 Å². The Morgan fingerprint density at radius 1 is 1.23 bits per heavy atom. The second-order valence-corrected chi connectivity index (χ2v) is 7.79. The molecule has 30 heavy (non-hydrogen) atoms. The van der Waals surface area contributed by atoms with E-state index in [1.807, 2.05) is 13.8 Å². The molecule has 0 bridgehead atoms. The van der Waals surface area contributed by atoms with Gasteiger partial charge in [0.25, 0.3) is 0 Å². The van der Waals surface area contributed by atoms with Gasteiger partial charge in [0.1, 0.15) is 17.3 Å². The van der Waals surface area contributed by atoms with Gasteiger partial charge in [0.2, 0.25) is 0 Å². The van der Waals surface area contributed by atoms with Crippen LogP contribution in [0.25, 0.3) is 11.3 Å². The van der Waals surface area contributed by atoms with Crippen LogP contribution in [0.5, 0.6) is 5.75 Å². The molecule has 0 N–H and O–H groups in total. The third kappa shape index (κ3) is 5.57. The van der Waals surface area contributed by atoms with Gasteiger partial charge in [0.05, 0.1) is 16.7 Å². The first-order valence-corrected chi connectivity index (χ1v) is 9.70. The zero-order valence-electron chi connectivity index (χ0n) is 16.6. The van der Waals surface area contributed by atoms with Crippen molar-refractivity contribution in [1.82, 2.24) is 9.78 Å². The molecule has 0 aliphatic rings. The molecule has 2 aromatic rings. The average molecular weight is 471 g/mol. The summed E-state index contributed by atoms with van der Waals surface area (Å²) >= 11 is 11.8. The first-order valence-electron chi connectivity index (χ1n) is 8.95. The van der Waals surface area contributed by atoms with Crippen molar-refractivity contribution in [2.45, 2.75) is 39.5 Å². The first-order chi connectivity index (χ1) is 13.8. The van der Waals surface area contributed by atoms with E-state index in [9.17, 15) is 22.4 Å². The van der Waals surface area contributed by atoms with Crippen molar-refractivity contribution in [2.75, 3.05) is 6.61 Å². The summed E-state index contributed by atoms with van der Waals surface area (Å²) in [5.74, 6) is -1.40. The molecular formula is C19H20Cl2F4N2O3. The molecule has 11 heteroatoms. The van der Waals surface area contributed by atoms with E-state index in [2.05, 4.69) is 5.10 Å². The van der Waals surface area contributed by atoms with Crippen LogP contribution in [0.2, 0.25) is 10.0 Å². The number of esters is 1. The summed E-state index contributed by atoms with van der Waals surface area (Å²) in [5, 5.41) is 2.74. The Labute approximate surface area is 180 Å². The van der Waals surface area contributed by atoms with Gasteiger partial charge in [-0.25, -0.2) is 9.18 Å². The lowest BCUT2D eigenvalue weighted by Crippen LogP contribution is -2.26. The van der Waals surface area contributed by atoms with Crippen LogP contribution in [-0.4, -0.2) is 28.5 Å². The molecule has 0 aliphatic carbocycles. The van der Waals surface area contributed by atoms with Crippen molar-refractivity contribution >= 4 is 29.2 Å². The van der Waals surface area contributed by atoms with Gasteiger partial charge in [-0.3, -0.25) is 4.68 Å². The highest BCUT2D eigenvalue weighted by Gasteiger charge is 2.39. The number of hydrogen-bond acceptors (Lipinski definition) is 4. The summed E-state index contributed by atoms with van der Waals surface area (Å²) in [6.07, 6.45) is -5.20. The van der Waals surface area contributed by atoms with Crippen molar-refractivity contribution in [3.05, 3.63) is 33.7 Å². The third-order valence-electron chi connectivity index (χ3n) is 4.11. The molecule has 166 valence electrons. The number of halogens is 6. The summed E-state index contributed by atoms with van der Waals surface area (Å²) in [6, 6.07) is 1.89. The second kappa shape index (κ2) is 9.43. The molecule has 0 fully saturated rings. The van der Waals surface area contributed by atoms with Crippen LogP contribution >= 0.6 is 23.2 Å². The molecule has 1 unspecified atom stereocenters. The normalized spacial score (nSPS) is 12.9. The molecule has 1 aromatic carbocycles. The maximum absolute atomic E-state index is 14.5. The van der Waals surface area contributed by atoms with Gasteiger partial charge in [-0.2, -0.15) is 18.3 Å². The lowest BCUT2D eigenvalue weighted by molar-refractivity contribution is -0.151. The van der Waals surface area contributed by atoms with Crippen LogP contribution in [0, 0.1) is 11.7 Å². The number of carbonyl (C=O) groups excluding carboxylic acids is 1. The predicted octanol–water partition coefficient (Wildman–Crippen LogP) is 5.91. The van der Waals surface area contributed by atoms with E-state index in [1.165, 1.54) is 6.92 Å². The minimum absolute atomic E-state index is 0.128. The highest BCUT2D eigenvalue weighted by molar-refractivity contribution is 6.34. The highest BCUT2D eigenvalue weighted by atomic mass is 35.5. The first kappa shape index (κ1) is 24.3. The summed E-state index contributed by atoms with van der Waals surface area (Å²) in [6.45, 7) is 5.56. The van der Waals surface area contributed by atoms with Crippen LogP contribution in [0.4, 0.5) is 17.6 Å². The van der Waals surface area contributed by atoms with Crippen molar-refractivity contribution in [3.8, 4) is 17.0 Å². The van der Waals surface area contributed by atoms with Gasteiger partial charge in [0, 0.05) is 12.6 Å². The Morgan fingerprint density at radius 2 is 1.87 bits per heavy atom. The Morgan fingerprint density at radius 3 is 2.40 bits per heavy atom. The number of alkyl halides is 3. The van der Waals surface area contributed by atoms with E-state index < -0.39 is 40.5 Å². The molecule has 1 aromatic heterocycles. The summed E-state index contributed by atoms with van der Waals surface area (Å²) < 4.78 is 65.0. The highest BCUT2D eigenvalue weighted by Crippen LogP contribution is 2.42. The van der Waals surface area contributed by atoms with E-state index in [4.69, 9.17) is 32.7 Å². The number of carbonyl (C=O) groups is 1. The molecule has 1 atom stereocenters. The lowest BCUT2D eigenvalue weighted by atomic mass is 10.1. The van der Waals surface area contributed by atoms with E-state index in [0.717, 1.165) is 19.2 Å². The van der Waals surface area contributed by atoms with Gasteiger partial charge < -0.3 is 9.47 Å². The van der Waals surface area contributed by atoms with Gasteiger partial charge >= 0.3 is 12.1 Å².